The van der Waals surface area contributed by atoms with Crippen LogP contribution in [0.4, 0.5) is 0 Å². The molecule has 2 rings (SSSR count). The third kappa shape index (κ3) is 1.01. The van der Waals surface area contributed by atoms with Crippen molar-refractivity contribution in [3.63, 3.8) is 0 Å². The van der Waals surface area contributed by atoms with Crippen LogP contribution in [-0.4, -0.2) is 21.7 Å². The SMILES string of the molecule is OCC1(c2cnccn2)CCC1. The number of aromatic nitrogens is 2. The van der Waals surface area contributed by atoms with Gasteiger partial charge in [0.15, 0.2) is 0 Å². The Morgan fingerprint density at radius 3 is 2.67 bits per heavy atom. The zero-order valence-electron chi connectivity index (χ0n) is 6.90. The Bertz CT molecular complexity index is 251. The van der Waals surface area contributed by atoms with Crippen molar-refractivity contribution in [2.75, 3.05) is 6.61 Å². The van der Waals surface area contributed by atoms with E-state index in [1.54, 1.807) is 18.6 Å². The Labute approximate surface area is 71.5 Å². The van der Waals surface area contributed by atoms with Crippen molar-refractivity contribution in [2.24, 2.45) is 0 Å². The maximum Gasteiger partial charge on any atom is 0.0671 e. The fourth-order valence-electron chi connectivity index (χ4n) is 1.67. The fraction of sp³-hybridized carbons (Fsp3) is 0.556. The fourth-order valence-corrected chi connectivity index (χ4v) is 1.67. The lowest BCUT2D eigenvalue weighted by Gasteiger charge is -2.39. The molecule has 0 aromatic carbocycles. The summed E-state index contributed by atoms with van der Waals surface area (Å²) in [5, 5.41) is 9.22. The van der Waals surface area contributed by atoms with Crippen LogP contribution in [0.1, 0.15) is 25.0 Å². The first-order chi connectivity index (χ1) is 5.87. The number of aliphatic hydroxyl groups excluding tert-OH is 1. The minimum absolute atomic E-state index is 0.0613. The van der Waals surface area contributed by atoms with Crippen LogP contribution in [0.25, 0.3) is 0 Å². The lowest BCUT2D eigenvalue weighted by Crippen LogP contribution is -2.38. The smallest absolute Gasteiger partial charge is 0.0671 e. The van der Waals surface area contributed by atoms with Crippen LogP contribution in [0.5, 0.6) is 0 Å². The number of hydrogen-bond acceptors (Lipinski definition) is 3. The second-order valence-electron chi connectivity index (χ2n) is 3.38. The van der Waals surface area contributed by atoms with Gasteiger partial charge in [0.2, 0.25) is 0 Å². The Balaban J connectivity index is 2.28. The molecule has 1 aromatic heterocycles. The molecule has 0 spiro atoms. The largest absolute Gasteiger partial charge is 0.395 e. The lowest BCUT2D eigenvalue weighted by molar-refractivity contribution is 0.116. The average Bonchev–Trinajstić information content (AvgIpc) is 2.05. The van der Waals surface area contributed by atoms with E-state index in [4.69, 9.17) is 0 Å². The summed E-state index contributed by atoms with van der Waals surface area (Å²) in [7, 11) is 0. The molecule has 3 heteroatoms. The molecule has 12 heavy (non-hydrogen) atoms. The van der Waals surface area contributed by atoms with E-state index in [0.717, 1.165) is 18.5 Å². The molecule has 0 radical (unpaired) electrons. The van der Waals surface area contributed by atoms with Crippen LogP contribution in [0.2, 0.25) is 0 Å². The van der Waals surface area contributed by atoms with Gasteiger partial charge in [-0.05, 0) is 12.8 Å². The first kappa shape index (κ1) is 7.68. The van der Waals surface area contributed by atoms with Gasteiger partial charge in [-0.3, -0.25) is 9.97 Å². The Kier molecular flexibility index (Phi) is 1.81. The molecule has 0 amide bonds. The zero-order valence-corrected chi connectivity index (χ0v) is 6.90. The van der Waals surface area contributed by atoms with Gasteiger partial charge in [0, 0.05) is 24.0 Å². The molecule has 0 atom stereocenters. The topological polar surface area (TPSA) is 46.0 Å². The van der Waals surface area contributed by atoms with Crippen LogP contribution in [0.3, 0.4) is 0 Å². The number of rotatable bonds is 2. The molecule has 1 aromatic rings. The molecule has 3 nitrogen and oxygen atoms in total. The second-order valence-corrected chi connectivity index (χ2v) is 3.38. The molecular weight excluding hydrogens is 152 g/mol. The standard InChI is InChI=1S/C9H12N2O/c12-7-9(2-1-3-9)8-6-10-4-5-11-8/h4-6,12H,1-3,7H2. The number of aliphatic hydroxyl groups is 1. The average molecular weight is 164 g/mol. The number of hydrogen-bond donors (Lipinski definition) is 1. The van der Waals surface area contributed by atoms with E-state index in [1.807, 2.05) is 0 Å². The predicted octanol–water partition coefficient (Wildman–Crippen LogP) is 0.891. The van der Waals surface area contributed by atoms with Gasteiger partial charge in [-0.2, -0.15) is 0 Å². The van der Waals surface area contributed by atoms with Gasteiger partial charge in [-0.25, -0.2) is 0 Å². The van der Waals surface area contributed by atoms with Crippen LogP contribution in [0.15, 0.2) is 18.6 Å². The summed E-state index contributed by atoms with van der Waals surface area (Å²) in [6, 6.07) is 0. The van der Waals surface area contributed by atoms with Crippen LogP contribution in [0, 0.1) is 0 Å². The maximum atomic E-state index is 9.22. The molecule has 1 aliphatic carbocycles. The van der Waals surface area contributed by atoms with E-state index >= 15 is 0 Å². The number of nitrogens with zero attached hydrogens (tertiary/aromatic N) is 2. The lowest BCUT2D eigenvalue weighted by atomic mass is 9.67. The summed E-state index contributed by atoms with van der Waals surface area (Å²) in [6.45, 7) is 0.200. The highest BCUT2D eigenvalue weighted by Crippen LogP contribution is 2.41. The van der Waals surface area contributed by atoms with Gasteiger partial charge in [0.1, 0.15) is 0 Å². The van der Waals surface area contributed by atoms with Gasteiger partial charge in [-0.15, -0.1) is 0 Å². The second kappa shape index (κ2) is 2.83. The van der Waals surface area contributed by atoms with Crippen molar-refractivity contribution in [3.8, 4) is 0 Å². The highest BCUT2D eigenvalue weighted by Gasteiger charge is 2.39. The summed E-state index contributed by atoms with van der Waals surface area (Å²) in [5.41, 5.74) is 0.882. The monoisotopic (exact) mass is 164 g/mol. The molecule has 1 aliphatic rings. The van der Waals surface area contributed by atoms with E-state index in [-0.39, 0.29) is 12.0 Å². The third-order valence-electron chi connectivity index (χ3n) is 2.72. The van der Waals surface area contributed by atoms with E-state index in [1.165, 1.54) is 6.42 Å². The highest BCUT2D eigenvalue weighted by molar-refractivity contribution is 5.17. The summed E-state index contributed by atoms with van der Waals surface area (Å²) in [4.78, 5) is 8.23. The van der Waals surface area contributed by atoms with Crippen molar-refractivity contribution >= 4 is 0 Å². The summed E-state index contributed by atoms with van der Waals surface area (Å²) in [6.07, 6.45) is 8.38. The van der Waals surface area contributed by atoms with Crippen LogP contribution in [-0.2, 0) is 5.41 Å². The van der Waals surface area contributed by atoms with Gasteiger partial charge in [0.25, 0.3) is 0 Å². The van der Waals surface area contributed by atoms with Crippen molar-refractivity contribution in [1.82, 2.24) is 9.97 Å². The van der Waals surface area contributed by atoms with Gasteiger partial charge in [0.05, 0.1) is 12.3 Å². The predicted molar refractivity (Wildman–Crippen MR) is 44.6 cm³/mol. The Hall–Kier alpha value is -0.960. The van der Waals surface area contributed by atoms with Crippen molar-refractivity contribution in [3.05, 3.63) is 24.3 Å². The Morgan fingerprint density at radius 1 is 1.42 bits per heavy atom. The van der Waals surface area contributed by atoms with Gasteiger partial charge < -0.3 is 5.11 Å². The van der Waals surface area contributed by atoms with Crippen molar-refractivity contribution < 1.29 is 5.11 Å². The summed E-state index contributed by atoms with van der Waals surface area (Å²) < 4.78 is 0. The minimum atomic E-state index is -0.0613. The molecule has 64 valence electrons. The van der Waals surface area contributed by atoms with E-state index in [9.17, 15) is 5.11 Å². The quantitative estimate of drug-likeness (QED) is 0.706. The summed E-state index contributed by atoms with van der Waals surface area (Å²) in [5.74, 6) is 0. The molecule has 1 fully saturated rings. The molecule has 0 aliphatic heterocycles. The van der Waals surface area contributed by atoms with Crippen LogP contribution >= 0.6 is 0 Å². The van der Waals surface area contributed by atoms with E-state index < -0.39 is 0 Å². The van der Waals surface area contributed by atoms with E-state index in [0.29, 0.717) is 0 Å². The molecule has 0 bridgehead atoms. The van der Waals surface area contributed by atoms with Gasteiger partial charge in [-0.1, -0.05) is 6.42 Å². The first-order valence-electron chi connectivity index (χ1n) is 4.25. The molecule has 0 saturated heterocycles. The molecule has 1 saturated carbocycles. The first-order valence-corrected chi connectivity index (χ1v) is 4.25. The Morgan fingerprint density at radius 2 is 2.25 bits per heavy atom. The molecular formula is C9H12N2O. The van der Waals surface area contributed by atoms with Crippen molar-refractivity contribution in [1.29, 1.82) is 0 Å². The van der Waals surface area contributed by atoms with Gasteiger partial charge >= 0.3 is 0 Å². The highest BCUT2D eigenvalue weighted by atomic mass is 16.3. The van der Waals surface area contributed by atoms with E-state index in [2.05, 4.69) is 9.97 Å². The zero-order chi connectivity index (χ0) is 8.44. The molecule has 0 unspecified atom stereocenters. The van der Waals surface area contributed by atoms with Crippen LogP contribution < -0.4 is 0 Å². The summed E-state index contributed by atoms with van der Waals surface area (Å²) >= 11 is 0. The molecule has 1 heterocycles. The normalized spacial score (nSPS) is 20.1. The third-order valence-corrected chi connectivity index (χ3v) is 2.72. The van der Waals surface area contributed by atoms with Crippen molar-refractivity contribution in [2.45, 2.75) is 24.7 Å². The molecule has 1 N–H and O–H groups in total. The maximum absolute atomic E-state index is 9.22. The minimum Gasteiger partial charge on any atom is -0.395 e.